The van der Waals surface area contributed by atoms with Crippen LogP contribution in [-0.4, -0.2) is 16.2 Å². The summed E-state index contributed by atoms with van der Waals surface area (Å²) < 4.78 is 26.5. The quantitative estimate of drug-likeness (QED) is 0.844. The van der Waals surface area contributed by atoms with Crippen molar-refractivity contribution < 1.29 is 23.8 Å². The van der Waals surface area contributed by atoms with Crippen molar-refractivity contribution in [3.05, 3.63) is 41.5 Å². The predicted molar refractivity (Wildman–Crippen MR) is 56.9 cm³/mol. The Labute approximate surface area is 94.9 Å². The molecule has 88 valence electrons. The van der Waals surface area contributed by atoms with Crippen LogP contribution in [0.1, 0.15) is 5.56 Å². The van der Waals surface area contributed by atoms with E-state index < -0.39 is 29.8 Å². The molecule has 0 aliphatic carbocycles. The van der Waals surface area contributed by atoms with Gasteiger partial charge in [-0.05, 0) is 23.6 Å². The molecule has 0 amide bonds. The molecule has 0 unspecified atom stereocenters. The minimum atomic E-state index is -1.20. The molecule has 0 aliphatic rings. The van der Waals surface area contributed by atoms with Gasteiger partial charge in [-0.15, -0.1) is 0 Å². The number of carboxylic acid groups (broad SMARTS) is 1. The smallest absolute Gasteiger partial charge is 0.307 e. The maximum atomic E-state index is 13.6. The minimum absolute atomic E-state index is 0.0247. The first-order valence-corrected chi connectivity index (χ1v) is 4.80. The summed E-state index contributed by atoms with van der Waals surface area (Å²) in [5.74, 6) is -3.55. The van der Waals surface area contributed by atoms with E-state index in [9.17, 15) is 18.7 Å². The largest absolute Gasteiger partial charge is 0.504 e. The molecule has 2 aromatic carbocycles. The lowest BCUT2D eigenvalue weighted by Gasteiger charge is -2.07. The van der Waals surface area contributed by atoms with Crippen molar-refractivity contribution in [2.45, 2.75) is 6.42 Å². The van der Waals surface area contributed by atoms with Gasteiger partial charge in [0.15, 0.2) is 11.6 Å². The van der Waals surface area contributed by atoms with Crippen LogP contribution in [0.25, 0.3) is 10.8 Å². The summed E-state index contributed by atoms with van der Waals surface area (Å²) in [6.07, 6.45) is -0.535. The van der Waals surface area contributed by atoms with Crippen molar-refractivity contribution in [3.8, 4) is 5.75 Å². The van der Waals surface area contributed by atoms with E-state index in [1.165, 1.54) is 12.1 Å². The number of carboxylic acids is 1. The first kappa shape index (κ1) is 11.3. The van der Waals surface area contributed by atoms with Crippen LogP contribution in [0.5, 0.6) is 5.75 Å². The Balaban J connectivity index is 2.70. The summed E-state index contributed by atoms with van der Waals surface area (Å²) in [5.41, 5.74) is -0.130. The zero-order chi connectivity index (χ0) is 12.6. The third kappa shape index (κ3) is 2.04. The van der Waals surface area contributed by atoms with Crippen LogP contribution in [0, 0.1) is 11.6 Å². The Hall–Kier alpha value is -2.17. The minimum Gasteiger partial charge on any atom is -0.504 e. The molecule has 5 heteroatoms. The van der Waals surface area contributed by atoms with Crippen LogP contribution in [0.15, 0.2) is 24.3 Å². The molecule has 0 aliphatic heterocycles. The maximum absolute atomic E-state index is 13.6. The number of fused-ring (bicyclic) bond motifs is 1. The average molecular weight is 238 g/mol. The molecule has 3 nitrogen and oxygen atoms in total. The van der Waals surface area contributed by atoms with Crippen molar-refractivity contribution in [1.29, 1.82) is 0 Å². The summed E-state index contributed by atoms with van der Waals surface area (Å²) >= 11 is 0. The first-order valence-electron chi connectivity index (χ1n) is 4.80. The molecule has 0 aromatic heterocycles. The summed E-state index contributed by atoms with van der Waals surface area (Å²) in [4.78, 5) is 10.5. The maximum Gasteiger partial charge on any atom is 0.307 e. The van der Waals surface area contributed by atoms with Crippen LogP contribution >= 0.6 is 0 Å². The van der Waals surface area contributed by atoms with E-state index in [1.54, 1.807) is 0 Å². The fourth-order valence-corrected chi connectivity index (χ4v) is 1.67. The lowest BCUT2D eigenvalue weighted by molar-refractivity contribution is -0.136. The lowest BCUT2D eigenvalue weighted by atomic mass is 10.0. The highest BCUT2D eigenvalue weighted by Crippen LogP contribution is 2.31. The monoisotopic (exact) mass is 238 g/mol. The molecule has 0 radical (unpaired) electrons. The first-order chi connectivity index (χ1) is 7.99. The van der Waals surface area contributed by atoms with Gasteiger partial charge in [0.1, 0.15) is 5.82 Å². The standard InChI is InChI=1S/C12H8F2O3/c13-8-2-1-6-3-7(4-10(15)16)11(14)12(17)9(6)5-8/h1-3,5,17H,4H2,(H,15,16). The fraction of sp³-hybridized carbons (Fsp3) is 0.0833. The highest BCUT2D eigenvalue weighted by atomic mass is 19.1. The van der Waals surface area contributed by atoms with E-state index in [1.807, 2.05) is 0 Å². The van der Waals surface area contributed by atoms with Gasteiger partial charge < -0.3 is 10.2 Å². The third-order valence-electron chi connectivity index (χ3n) is 2.43. The molecule has 0 saturated carbocycles. The third-order valence-corrected chi connectivity index (χ3v) is 2.43. The van der Waals surface area contributed by atoms with Crippen molar-refractivity contribution in [2.75, 3.05) is 0 Å². The highest BCUT2D eigenvalue weighted by molar-refractivity contribution is 5.90. The molecule has 0 fully saturated rings. The van der Waals surface area contributed by atoms with Crippen molar-refractivity contribution in [1.82, 2.24) is 0 Å². The summed E-state index contributed by atoms with van der Waals surface area (Å²) in [5, 5.41) is 18.5. The molecular formula is C12H8F2O3. The second-order valence-corrected chi connectivity index (χ2v) is 3.63. The predicted octanol–water partition coefficient (Wildman–Crippen LogP) is 2.45. The molecule has 0 bridgehead atoms. The van der Waals surface area contributed by atoms with Crippen LogP contribution < -0.4 is 0 Å². The average Bonchev–Trinajstić information content (AvgIpc) is 2.26. The molecule has 2 rings (SSSR count). The summed E-state index contributed by atoms with van der Waals surface area (Å²) in [6.45, 7) is 0. The molecule has 0 saturated heterocycles. The molecule has 17 heavy (non-hydrogen) atoms. The lowest BCUT2D eigenvalue weighted by Crippen LogP contribution is -2.03. The number of phenols is 1. The van der Waals surface area contributed by atoms with Gasteiger partial charge in [0, 0.05) is 10.9 Å². The Morgan fingerprint density at radius 3 is 2.59 bits per heavy atom. The number of aliphatic carboxylic acids is 1. The number of phenolic OH excluding ortho intramolecular Hbond substituents is 1. The number of carbonyl (C=O) groups is 1. The zero-order valence-corrected chi connectivity index (χ0v) is 8.58. The van der Waals surface area contributed by atoms with Gasteiger partial charge >= 0.3 is 5.97 Å². The SMILES string of the molecule is O=C(O)Cc1cc2ccc(F)cc2c(O)c1F. The van der Waals surface area contributed by atoms with E-state index in [2.05, 4.69) is 0 Å². The Morgan fingerprint density at radius 2 is 1.94 bits per heavy atom. The molecule has 0 atom stereocenters. The van der Waals surface area contributed by atoms with Gasteiger partial charge in [0.05, 0.1) is 6.42 Å². The molecule has 0 heterocycles. The van der Waals surface area contributed by atoms with Gasteiger partial charge in [-0.1, -0.05) is 6.07 Å². The normalized spacial score (nSPS) is 10.7. The summed E-state index contributed by atoms with van der Waals surface area (Å²) in [6, 6.07) is 4.80. The second-order valence-electron chi connectivity index (χ2n) is 3.63. The van der Waals surface area contributed by atoms with Crippen LogP contribution in [0.4, 0.5) is 8.78 Å². The van der Waals surface area contributed by atoms with E-state index in [0.717, 1.165) is 12.1 Å². The van der Waals surface area contributed by atoms with Crippen molar-refractivity contribution >= 4 is 16.7 Å². The van der Waals surface area contributed by atoms with Gasteiger partial charge in [-0.25, -0.2) is 8.78 Å². The molecule has 2 N–H and O–H groups in total. The number of halogens is 2. The van der Waals surface area contributed by atoms with Crippen LogP contribution in [-0.2, 0) is 11.2 Å². The summed E-state index contributed by atoms with van der Waals surface area (Å²) in [7, 11) is 0. The molecule has 2 aromatic rings. The number of aromatic hydroxyl groups is 1. The van der Waals surface area contributed by atoms with Crippen LogP contribution in [0.2, 0.25) is 0 Å². The number of benzene rings is 2. The number of hydrogen-bond donors (Lipinski definition) is 2. The van der Waals surface area contributed by atoms with E-state index in [-0.39, 0.29) is 10.9 Å². The fourth-order valence-electron chi connectivity index (χ4n) is 1.67. The molecular weight excluding hydrogens is 230 g/mol. The number of hydrogen-bond acceptors (Lipinski definition) is 2. The van der Waals surface area contributed by atoms with Crippen LogP contribution in [0.3, 0.4) is 0 Å². The van der Waals surface area contributed by atoms with Gasteiger partial charge in [0.2, 0.25) is 0 Å². The van der Waals surface area contributed by atoms with Crippen molar-refractivity contribution in [2.24, 2.45) is 0 Å². The highest BCUT2D eigenvalue weighted by Gasteiger charge is 2.15. The second kappa shape index (κ2) is 4.01. The Morgan fingerprint density at radius 1 is 1.24 bits per heavy atom. The van der Waals surface area contributed by atoms with E-state index >= 15 is 0 Å². The topological polar surface area (TPSA) is 57.5 Å². The Bertz CT molecular complexity index is 608. The van der Waals surface area contributed by atoms with Gasteiger partial charge in [-0.2, -0.15) is 0 Å². The van der Waals surface area contributed by atoms with E-state index in [4.69, 9.17) is 5.11 Å². The van der Waals surface area contributed by atoms with Gasteiger partial charge in [0.25, 0.3) is 0 Å². The van der Waals surface area contributed by atoms with E-state index in [0.29, 0.717) is 5.39 Å². The Kier molecular flexibility index (Phi) is 2.67. The van der Waals surface area contributed by atoms with Gasteiger partial charge in [-0.3, -0.25) is 4.79 Å². The number of rotatable bonds is 2. The van der Waals surface area contributed by atoms with Crippen molar-refractivity contribution in [3.63, 3.8) is 0 Å². The molecule has 0 spiro atoms. The zero-order valence-electron chi connectivity index (χ0n) is 8.58.